The van der Waals surface area contributed by atoms with Crippen LogP contribution in [0.5, 0.6) is 0 Å². The molecule has 2 atom stereocenters. The van der Waals surface area contributed by atoms with Gasteiger partial charge in [0.2, 0.25) is 5.91 Å². The van der Waals surface area contributed by atoms with Crippen LogP contribution in [0.1, 0.15) is 86.0 Å². The van der Waals surface area contributed by atoms with Crippen molar-refractivity contribution in [3.05, 3.63) is 0 Å². The lowest BCUT2D eigenvalue weighted by molar-refractivity contribution is -0.125. The van der Waals surface area contributed by atoms with Crippen LogP contribution in [0.15, 0.2) is 0 Å². The van der Waals surface area contributed by atoms with Gasteiger partial charge in [-0.2, -0.15) is 0 Å². The van der Waals surface area contributed by atoms with E-state index in [1.165, 1.54) is 19.3 Å². The average Bonchev–Trinajstić information content (AvgIpc) is 3.20. The van der Waals surface area contributed by atoms with Crippen LogP contribution in [0.4, 0.5) is 4.79 Å². The molecule has 1 saturated heterocycles. The number of carbonyl (C=O) groups is 2. The Morgan fingerprint density at radius 2 is 1.67 bits per heavy atom. The summed E-state index contributed by atoms with van der Waals surface area (Å²) in [6.45, 7) is 12.7. The van der Waals surface area contributed by atoms with Gasteiger partial charge in [-0.3, -0.25) is 4.79 Å². The predicted molar refractivity (Wildman–Crippen MR) is 111 cm³/mol. The van der Waals surface area contributed by atoms with Gasteiger partial charge in [-0.1, -0.05) is 47.5 Å². The highest BCUT2D eigenvalue weighted by molar-refractivity contribution is 5.87. The van der Waals surface area contributed by atoms with Gasteiger partial charge in [0.15, 0.2) is 0 Å². The Hall–Kier alpha value is -1.26. The maximum absolute atomic E-state index is 13.0. The fourth-order valence-corrected chi connectivity index (χ4v) is 4.45. The van der Waals surface area contributed by atoms with Crippen LogP contribution in [0, 0.1) is 17.3 Å². The quantitative estimate of drug-likeness (QED) is 0.692. The van der Waals surface area contributed by atoms with E-state index in [-0.39, 0.29) is 23.9 Å². The minimum atomic E-state index is -0.437. The topological polar surface area (TPSA) is 61.4 Å². The number of carbonyl (C=O) groups excluding carboxylic acids is 2. The van der Waals surface area contributed by atoms with Crippen molar-refractivity contribution in [2.75, 3.05) is 13.1 Å². The third kappa shape index (κ3) is 5.86. The molecule has 2 aliphatic rings. The number of rotatable bonds is 7. The summed E-state index contributed by atoms with van der Waals surface area (Å²) in [6.07, 6.45) is 8.65. The summed E-state index contributed by atoms with van der Waals surface area (Å²) in [5, 5.41) is 6.26. The molecule has 1 saturated carbocycles. The molecule has 2 rings (SSSR count). The van der Waals surface area contributed by atoms with Gasteiger partial charge >= 0.3 is 6.03 Å². The lowest BCUT2D eigenvalue weighted by Crippen LogP contribution is -2.55. The van der Waals surface area contributed by atoms with Gasteiger partial charge in [0.1, 0.15) is 6.04 Å². The summed E-state index contributed by atoms with van der Waals surface area (Å²) in [7, 11) is 0. The van der Waals surface area contributed by atoms with E-state index in [1.54, 1.807) is 0 Å². The molecule has 156 valence electrons. The summed E-state index contributed by atoms with van der Waals surface area (Å²) in [5.41, 5.74) is 0.387. The van der Waals surface area contributed by atoms with Crippen molar-refractivity contribution in [1.82, 2.24) is 15.5 Å². The fourth-order valence-electron chi connectivity index (χ4n) is 4.45. The van der Waals surface area contributed by atoms with Crippen molar-refractivity contribution >= 4 is 11.9 Å². The lowest BCUT2D eigenvalue weighted by Gasteiger charge is -2.39. The molecule has 27 heavy (non-hydrogen) atoms. The number of likely N-dealkylation sites (tertiary alicyclic amines) is 1. The van der Waals surface area contributed by atoms with E-state index in [1.807, 2.05) is 4.90 Å². The summed E-state index contributed by atoms with van der Waals surface area (Å²) in [5.74, 6) is 0.873. The second kappa shape index (κ2) is 9.79. The molecule has 0 aromatic carbocycles. The molecule has 2 N–H and O–H groups in total. The van der Waals surface area contributed by atoms with Crippen LogP contribution in [0.3, 0.4) is 0 Å². The predicted octanol–water partition coefficient (Wildman–Crippen LogP) is 4.32. The number of hydrogen-bond acceptors (Lipinski definition) is 2. The molecule has 1 unspecified atom stereocenters. The summed E-state index contributed by atoms with van der Waals surface area (Å²) < 4.78 is 0. The zero-order chi connectivity index (χ0) is 20.0. The van der Waals surface area contributed by atoms with Crippen molar-refractivity contribution in [2.24, 2.45) is 17.3 Å². The van der Waals surface area contributed by atoms with E-state index in [0.717, 1.165) is 51.1 Å². The van der Waals surface area contributed by atoms with E-state index < -0.39 is 6.04 Å². The summed E-state index contributed by atoms with van der Waals surface area (Å²) >= 11 is 0. The Labute approximate surface area is 166 Å². The summed E-state index contributed by atoms with van der Waals surface area (Å²) in [4.78, 5) is 27.3. The third-order valence-electron chi connectivity index (χ3n) is 7.26. The van der Waals surface area contributed by atoms with Gasteiger partial charge in [-0.25, -0.2) is 4.79 Å². The van der Waals surface area contributed by atoms with Crippen molar-refractivity contribution in [1.29, 1.82) is 0 Å². The molecule has 0 aromatic heterocycles. The SMILES string of the molecule is CCC(C)[C@H](NC(=O)N1CCCC1)C(=O)NC1CCC(C(C)(C)CC)CC1. The van der Waals surface area contributed by atoms with Gasteiger partial charge < -0.3 is 15.5 Å². The zero-order valence-electron chi connectivity index (χ0n) is 18.1. The van der Waals surface area contributed by atoms with Crippen LogP contribution in [0.25, 0.3) is 0 Å². The van der Waals surface area contributed by atoms with Crippen molar-refractivity contribution in [3.8, 4) is 0 Å². The van der Waals surface area contributed by atoms with Gasteiger partial charge in [0.25, 0.3) is 0 Å². The van der Waals surface area contributed by atoms with Gasteiger partial charge in [0, 0.05) is 19.1 Å². The maximum atomic E-state index is 13.0. The largest absolute Gasteiger partial charge is 0.352 e. The van der Waals surface area contributed by atoms with Crippen LogP contribution < -0.4 is 10.6 Å². The van der Waals surface area contributed by atoms with Crippen molar-refractivity contribution in [3.63, 3.8) is 0 Å². The summed E-state index contributed by atoms with van der Waals surface area (Å²) in [6, 6.07) is -0.272. The zero-order valence-corrected chi connectivity index (χ0v) is 18.1. The fraction of sp³-hybridized carbons (Fsp3) is 0.909. The number of urea groups is 1. The molecule has 5 heteroatoms. The highest BCUT2D eigenvalue weighted by Crippen LogP contribution is 2.40. The first-order chi connectivity index (χ1) is 12.8. The molecule has 2 fully saturated rings. The Bertz CT molecular complexity index is 492. The smallest absolute Gasteiger partial charge is 0.318 e. The highest BCUT2D eigenvalue weighted by Gasteiger charge is 2.34. The van der Waals surface area contributed by atoms with E-state index in [4.69, 9.17) is 0 Å². The first-order valence-corrected chi connectivity index (χ1v) is 11.1. The standard InChI is InChI=1S/C22H41N3O2/c1-6-16(3)19(24-21(27)25-14-8-9-15-25)20(26)23-18-12-10-17(11-13-18)22(4,5)7-2/h16-19H,6-15H2,1-5H3,(H,23,26)(H,24,27)/t16?,17?,18?,19-/m0/s1. The average molecular weight is 380 g/mol. The Morgan fingerprint density at radius 3 is 2.19 bits per heavy atom. The van der Waals surface area contributed by atoms with Gasteiger partial charge in [0.05, 0.1) is 0 Å². The maximum Gasteiger partial charge on any atom is 0.318 e. The number of nitrogens with zero attached hydrogens (tertiary/aromatic N) is 1. The molecular weight excluding hydrogens is 338 g/mol. The minimum absolute atomic E-state index is 0.00454. The number of nitrogens with one attached hydrogen (secondary N) is 2. The van der Waals surface area contributed by atoms with E-state index in [9.17, 15) is 9.59 Å². The third-order valence-corrected chi connectivity index (χ3v) is 7.26. The number of amides is 3. The Morgan fingerprint density at radius 1 is 1.07 bits per heavy atom. The monoisotopic (exact) mass is 379 g/mol. The molecule has 1 aliphatic carbocycles. The van der Waals surface area contributed by atoms with Crippen LogP contribution in [-0.4, -0.2) is 42.0 Å². The second-order valence-electron chi connectivity index (χ2n) is 9.41. The van der Waals surface area contributed by atoms with E-state index in [0.29, 0.717) is 5.41 Å². The van der Waals surface area contributed by atoms with Crippen molar-refractivity contribution in [2.45, 2.75) is 98.1 Å². The van der Waals surface area contributed by atoms with Crippen LogP contribution >= 0.6 is 0 Å². The van der Waals surface area contributed by atoms with Gasteiger partial charge in [-0.05, 0) is 55.8 Å². The van der Waals surface area contributed by atoms with Gasteiger partial charge in [-0.15, -0.1) is 0 Å². The Kier molecular flexibility index (Phi) is 7.99. The molecular formula is C22H41N3O2. The lowest BCUT2D eigenvalue weighted by atomic mass is 9.69. The molecule has 0 spiro atoms. The molecule has 3 amide bonds. The van der Waals surface area contributed by atoms with E-state index in [2.05, 4.69) is 45.3 Å². The molecule has 0 radical (unpaired) electrons. The van der Waals surface area contributed by atoms with E-state index >= 15 is 0 Å². The minimum Gasteiger partial charge on any atom is -0.352 e. The normalized spacial score (nSPS) is 25.7. The van der Waals surface area contributed by atoms with Crippen LogP contribution in [0.2, 0.25) is 0 Å². The molecule has 5 nitrogen and oxygen atoms in total. The second-order valence-corrected chi connectivity index (χ2v) is 9.41. The van der Waals surface area contributed by atoms with Crippen molar-refractivity contribution < 1.29 is 9.59 Å². The molecule has 1 aliphatic heterocycles. The first kappa shape index (κ1) is 22.0. The molecule has 1 heterocycles. The van der Waals surface area contributed by atoms with Crippen LogP contribution in [-0.2, 0) is 4.79 Å². The molecule has 0 bridgehead atoms. The number of hydrogen-bond donors (Lipinski definition) is 2. The first-order valence-electron chi connectivity index (χ1n) is 11.1. The Balaban J connectivity index is 1.89. The highest BCUT2D eigenvalue weighted by atomic mass is 16.2. The molecule has 0 aromatic rings.